The van der Waals surface area contributed by atoms with Crippen LogP contribution in [0.2, 0.25) is 0 Å². The molecule has 0 spiro atoms. The molecule has 1 N–H and O–H groups in total. The summed E-state index contributed by atoms with van der Waals surface area (Å²) in [6.07, 6.45) is 0.748. The monoisotopic (exact) mass is 336 g/mol. The second-order valence-corrected chi connectivity index (χ2v) is 1.47. The van der Waals surface area contributed by atoms with Gasteiger partial charge in [0.15, 0.2) is 0 Å². The summed E-state index contributed by atoms with van der Waals surface area (Å²) in [5.74, 6) is -0.296. The molecule has 0 bridgehead atoms. The first-order valence-electron chi connectivity index (χ1n) is 2.12. The maximum Gasteiger partial charge on any atom is 1.00 e. The van der Waals surface area contributed by atoms with E-state index in [-0.39, 0.29) is 87.0 Å². The van der Waals surface area contributed by atoms with E-state index < -0.39 is 0 Å². The van der Waals surface area contributed by atoms with Crippen molar-refractivity contribution < 1.29 is 84.8 Å². The SMILES string of the molecule is O=C1CCC(=O)N1.[Au].[H-].[K+]. The van der Waals surface area contributed by atoms with Gasteiger partial charge in [0.05, 0.1) is 0 Å². The largest absolute Gasteiger partial charge is 1.00 e. The van der Waals surface area contributed by atoms with E-state index in [0.29, 0.717) is 12.8 Å². The van der Waals surface area contributed by atoms with E-state index in [2.05, 4.69) is 5.32 Å². The Kier molecular flexibility index (Phi) is 9.11. The summed E-state index contributed by atoms with van der Waals surface area (Å²) in [5.41, 5.74) is 0. The van der Waals surface area contributed by atoms with Crippen molar-refractivity contribution in [2.24, 2.45) is 0 Å². The zero-order chi connectivity index (χ0) is 5.28. The minimum atomic E-state index is -0.148. The van der Waals surface area contributed by atoms with Crippen LogP contribution in [0.4, 0.5) is 0 Å². The van der Waals surface area contributed by atoms with E-state index in [9.17, 15) is 9.59 Å². The fourth-order valence-corrected chi connectivity index (χ4v) is 0.508. The molecule has 0 atom stereocenters. The third kappa shape index (κ3) is 4.86. The van der Waals surface area contributed by atoms with Crippen LogP contribution in [-0.2, 0) is 32.0 Å². The molecule has 5 heteroatoms. The molecule has 1 rings (SSSR count). The van der Waals surface area contributed by atoms with Crippen molar-refractivity contribution in [2.75, 3.05) is 0 Å². The second kappa shape index (κ2) is 6.24. The Hall–Kier alpha value is 1.52. The van der Waals surface area contributed by atoms with E-state index in [0.717, 1.165) is 0 Å². The van der Waals surface area contributed by atoms with Crippen molar-refractivity contribution in [3.63, 3.8) is 0 Å². The standard InChI is InChI=1S/C4H5NO2.Au.K.H/c6-3-1-2-4(7)5-3;;;/h1-2H2,(H,5,6,7);;;/q;;+1;-1. The van der Waals surface area contributed by atoms with Gasteiger partial charge in [0.25, 0.3) is 0 Å². The third-order valence-electron chi connectivity index (χ3n) is 0.858. The Morgan fingerprint density at radius 1 is 1.22 bits per heavy atom. The summed E-state index contributed by atoms with van der Waals surface area (Å²) in [4.78, 5) is 20.2. The average molecular weight is 336 g/mol. The van der Waals surface area contributed by atoms with Gasteiger partial charge in [-0.05, 0) is 0 Å². The molecular formula is C4H6AuKNO2. The van der Waals surface area contributed by atoms with E-state index in [1.54, 1.807) is 0 Å². The predicted octanol–water partition coefficient (Wildman–Crippen LogP) is -3.46. The van der Waals surface area contributed by atoms with Crippen molar-refractivity contribution in [1.29, 1.82) is 0 Å². The molecule has 1 aliphatic heterocycles. The number of hydrogen-bond donors (Lipinski definition) is 1. The average Bonchev–Trinajstić information content (AvgIpc) is 1.87. The van der Waals surface area contributed by atoms with Crippen LogP contribution in [0, 0.1) is 0 Å². The Morgan fingerprint density at radius 3 is 1.67 bits per heavy atom. The van der Waals surface area contributed by atoms with Crippen LogP contribution in [0.3, 0.4) is 0 Å². The summed E-state index contributed by atoms with van der Waals surface area (Å²) in [7, 11) is 0. The van der Waals surface area contributed by atoms with Crippen molar-refractivity contribution >= 4 is 11.8 Å². The van der Waals surface area contributed by atoms with Crippen LogP contribution in [0.5, 0.6) is 0 Å². The first-order valence-corrected chi connectivity index (χ1v) is 2.12. The van der Waals surface area contributed by atoms with Crippen LogP contribution in [0.1, 0.15) is 14.3 Å². The molecule has 0 aliphatic carbocycles. The summed E-state index contributed by atoms with van der Waals surface area (Å²) in [6, 6.07) is 0. The number of nitrogens with one attached hydrogen (secondary N) is 1. The Bertz CT molecular complexity index is 118. The summed E-state index contributed by atoms with van der Waals surface area (Å²) < 4.78 is 0. The topological polar surface area (TPSA) is 46.2 Å². The molecule has 2 amide bonds. The Balaban J connectivity index is -0.000000163. The number of amides is 2. The molecule has 1 radical (unpaired) electrons. The van der Waals surface area contributed by atoms with Crippen LogP contribution in [-0.4, -0.2) is 11.8 Å². The van der Waals surface area contributed by atoms with Crippen LogP contribution in [0.15, 0.2) is 0 Å². The van der Waals surface area contributed by atoms with Crippen LogP contribution in [0.25, 0.3) is 0 Å². The number of carbonyl (C=O) groups excluding carboxylic acids is 2. The van der Waals surface area contributed by atoms with E-state index in [1.165, 1.54) is 0 Å². The van der Waals surface area contributed by atoms with Gasteiger partial charge >= 0.3 is 51.4 Å². The molecule has 0 aromatic carbocycles. The number of carbonyl (C=O) groups is 2. The Morgan fingerprint density at radius 2 is 1.56 bits per heavy atom. The summed E-state index contributed by atoms with van der Waals surface area (Å²) >= 11 is 0. The van der Waals surface area contributed by atoms with E-state index in [1.807, 2.05) is 0 Å². The second-order valence-electron chi connectivity index (χ2n) is 1.47. The van der Waals surface area contributed by atoms with Gasteiger partial charge in [-0.1, -0.05) is 0 Å². The summed E-state index contributed by atoms with van der Waals surface area (Å²) in [5, 5.41) is 2.14. The van der Waals surface area contributed by atoms with Crippen LogP contribution < -0.4 is 56.7 Å². The first-order chi connectivity index (χ1) is 3.29. The Labute approximate surface area is 113 Å². The molecule has 51 valence electrons. The predicted molar refractivity (Wildman–Crippen MR) is 23.5 cm³/mol. The molecule has 0 aromatic rings. The van der Waals surface area contributed by atoms with Crippen molar-refractivity contribution in [3.05, 3.63) is 0 Å². The van der Waals surface area contributed by atoms with Gasteiger partial charge in [-0.2, -0.15) is 0 Å². The third-order valence-corrected chi connectivity index (χ3v) is 0.858. The first kappa shape index (κ1) is 13.1. The molecule has 1 saturated heterocycles. The molecule has 3 nitrogen and oxygen atoms in total. The number of hydrogen-bond acceptors (Lipinski definition) is 2. The summed E-state index contributed by atoms with van der Waals surface area (Å²) in [6.45, 7) is 0. The van der Waals surface area contributed by atoms with Gasteiger partial charge in [-0.3, -0.25) is 14.9 Å². The minimum absolute atomic E-state index is 0. The zero-order valence-corrected chi connectivity index (χ0v) is 10.3. The molecule has 1 heterocycles. The van der Waals surface area contributed by atoms with Gasteiger partial charge in [0.1, 0.15) is 0 Å². The number of imide groups is 1. The maximum absolute atomic E-state index is 10.1. The van der Waals surface area contributed by atoms with Gasteiger partial charge in [0, 0.05) is 35.2 Å². The molecule has 9 heavy (non-hydrogen) atoms. The molecule has 1 aliphatic rings. The fourth-order valence-electron chi connectivity index (χ4n) is 0.508. The molecule has 0 unspecified atom stereocenters. The normalized spacial score (nSPS) is 15.6. The minimum Gasteiger partial charge on any atom is -1.00 e. The van der Waals surface area contributed by atoms with Crippen molar-refractivity contribution in [3.8, 4) is 0 Å². The van der Waals surface area contributed by atoms with Gasteiger partial charge in [-0.15, -0.1) is 0 Å². The molecule has 0 saturated carbocycles. The van der Waals surface area contributed by atoms with E-state index in [4.69, 9.17) is 0 Å². The van der Waals surface area contributed by atoms with E-state index >= 15 is 0 Å². The van der Waals surface area contributed by atoms with Gasteiger partial charge in [-0.25, -0.2) is 0 Å². The van der Waals surface area contributed by atoms with Crippen molar-refractivity contribution in [2.45, 2.75) is 12.8 Å². The van der Waals surface area contributed by atoms with Crippen molar-refractivity contribution in [1.82, 2.24) is 5.32 Å². The molecule has 0 aromatic heterocycles. The smallest absolute Gasteiger partial charge is 1.00 e. The maximum atomic E-state index is 10.1. The molecular weight excluding hydrogens is 330 g/mol. The molecule has 1 fully saturated rings. The zero-order valence-electron chi connectivity index (χ0n) is 6.03. The van der Waals surface area contributed by atoms with Crippen LogP contribution >= 0.6 is 0 Å². The number of rotatable bonds is 0. The fraction of sp³-hybridized carbons (Fsp3) is 0.500. The van der Waals surface area contributed by atoms with Gasteiger partial charge in [0.2, 0.25) is 11.8 Å². The van der Waals surface area contributed by atoms with Gasteiger partial charge < -0.3 is 1.43 Å². The quantitative estimate of drug-likeness (QED) is 0.369.